The molecule has 2 aliphatic rings. The summed E-state index contributed by atoms with van der Waals surface area (Å²) in [6.07, 6.45) is 0. The molecule has 6 rings (SSSR count). The Kier molecular flexibility index (Phi) is 12.2. The number of halogens is 2. The van der Waals surface area contributed by atoms with Crippen molar-refractivity contribution in [2.75, 3.05) is 35.0 Å². The van der Waals surface area contributed by atoms with Gasteiger partial charge >= 0.3 is 0 Å². The molecule has 0 aromatic heterocycles. The van der Waals surface area contributed by atoms with Crippen molar-refractivity contribution >= 4 is 62.9 Å². The summed E-state index contributed by atoms with van der Waals surface area (Å²) in [6.45, 7) is 14.4. The van der Waals surface area contributed by atoms with Crippen LogP contribution in [0.5, 0.6) is 11.5 Å². The summed E-state index contributed by atoms with van der Waals surface area (Å²) in [5.74, 6) is 1.000. The number of aliphatic hydroxyl groups excluding tert-OH is 1. The van der Waals surface area contributed by atoms with Crippen LogP contribution in [0.4, 0.5) is 11.4 Å². The summed E-state index contributed by atoms with van der Waals surface area (Å²) in [6, 6.07) is 22.9. The quantitative estimate of drug-likeness (QED) is 0.177. The van der Waals surface area contributed by atoms with Crippen LogP contribution < -0.4 is 18.1 Å². The van der Waals surface area contributed by atoms with E-state index in [1.807, 2.05) is 6.07 Å². The molecule has 0 aliphatic carbocycles. The van der Waals surface area contributed by atoms with E-state index in [1.54, 1.807) is 92.7 Å². The summed E-state index contributed by atoms with van der Waals surface area (Å²) in [5.41, 5.74) is 2.07. The van der Waals surface area contributed by atoms with Crippen LogP contribution in [0, 0.1) is 13.8 Å². The number of sulfonamides is 2. The first-order valence-corrected chi connectivity index (χ1v) is 23.6. The molecule has 2 aliphatic heterocycles. The van der Waals surface area contributed by atoms with Crippen molar-refractivity contribution in [2.24, 2.45) is 0 Å². The zero-order valence-corrected chi connectivity index (χ0v) is 35.0. The minimum absolute atomic E-state index is 0.0173. The van der Waals surface area contributed by atoms with Crippen molar-refractivity contribution in [1.29, 1.82) is 0 Å². The molecular weight excluding hydrogens is 776 g/mol. The normalized spacial score (nSPS) is 17.5. The molecule has 53 heavy (non-hydrogen) atoms. The highest BCUT2D eigenvalue weighted by Crippen LogP contribution is 2.42. The topological polar surface area (TPSA) is 123 Å². The maximum atomic E-state index is 13.9. The van der Waals surface area contributed by atoms with Crippen LogP contribution in [0.15, 0.2) is 94.7 Å². The second-order valence-electron chi connectivity index (χ2n) is 14.5. The average Bonchev–Trinajstić information content (AvgIpc) is 3.09. The maximum absolute atomic E-state index is 13.9. The van der Waals surface area contributed by atoms with E-state index in [0.717, 1.165) is 0 Å². The lowest BCUT2D eigenvalue weighted by atomic mass is 10.2. The standard InChI is InChI=1S/C22H30ClNO4SSi.C16H16ClNO4S/c1-16-10-9-11-18(23)21(16)29(25,26)24-17(15-28-30(5,6)22(2,3)4)14-27-20-13-8-7-12-19(20)24;1-11-5-4-6-13(17)16(11)23(20,21)18-12(9-19)10-22-15-8-3-2-7-14(15)18/h7-13,17H,14-15H2,1-6H3;2-8,12,19H,9-10H2,1H3. The van der Waals surface area contributed by atoms with Gasteiger partial charge in [-0.1, -0.05) is 92.5 Å². The first-order valence-electron chi connectivity index (χ1n) is 17.1. The van der Waals surface area contributed by atoms with Crippen molar-refractivity contribution in [2.45, 2.75) is 74.6 Å². The van der Waals surface area contributed by atoms with Gasteiger partial charge in [-0.25, -0.2) is 16.8 Å². The van der Waals surface area contributed by atoms with Gasteiger partial charge in [-0.2, -0.15) is 0 Å². The Bertz CT molecular complexity index is 2140. The Labute approximate surface area is 324 Å². The first kappa shape index (κ1) is 40.9. The molecule has 0 spiro atoms. The number of anilines is 2. The SMILES string of the molecule is Cc1cccc(Cl)c1S(=O)(=O)N1c2ccccc2OCC1CO.Cc1cccc(Cl)c1S(=O)(=O)N1c2ccccc2OCC1CO[Si](C)(C)C(C)(C)C. The van der Waals surface area contributed by atoms with Gasteiger partial charge < -0.3 is 19.0 Å². The van der Waals surface area contributed by atoms with E-state index < -0.39 is 40.4 Å². The third kappa shape index (κ3) is 8.21. The molecule has 2 heterocycles. The van der Waals surface area contributed by atoms with Crippen LogP contribution in [0.3, 0.4) is 0 Å². The van der Waals surface area contributed by atoms with E-state index in [-0.39, 0.29) is 51.3 Å². The summed E-state index contributed by atoms with van der Waals surface area (Å²) in [5, 5.41) is 10.0. The molecule has 4 aromatic carbocycles. The number of aliphatic hydroxyl groups is 1. The molecule has 0 amide bonds. The van der Waals surface area contributed by atoms with Crippen molar-refractivity contribution in [3.8, 4) is 11.5 Å². The van der Waals surface area contributed by atoms with Crippen molar-refractivity contribution in [3.63, 3.8) is 0 Å². The number of nitrogens with zero attached hydrogens (tertiary/aromatic N) is 2. The zero-order chi connectivity index (χ0) is 38.9. The molecule has 0 bridgehead atoms. The molecule has 0 saturated heterocycles. The first-order chi connectivity index (χ1) is 24.8. The average molecular weight is 822 g/mol. The van der Waals surface area contributed by atoms with Crippen LogP contribution in [-0.2, 0) is 24.5 Å². The van der Waals surface area contributed by atoms with E-state index >= 15 is 0 Å². The number of ether oxygens (including phenoxy) is 2. The summed E-state index contributed by atoms with van der Waals surface area (Å²) >= 11 is 12.5. The highest BCUT2D eigenvalue weighted by atomic mass is 35.5. The van der Waals surface area contributed by atoms with E-state index in [4.69, 9.17) is 37.1 Å². The Balaban J connectivity index is 0.000000211. The summed E-state index contributed by atoms with van der Waals surface area (Å²) in [4.78, 5) is 0.178. The maximum Gasteiger partial charge on any atom is 0.266 e. The number of rotatable bonds is 8. The molecule has 2 unspecified atom stereocenters. The predicted octanol–water partition coefficient (Wildman–Crippen LogP) is 8.22. The van der Waals surface area contributed by atoms with E-state index in [0.29, 0.717) is 34.0 Å². The number of para-hydroxylation sites is 4. The van der Waals surface area contributed by atoms with Gasteiger partial charge in [0.05, 0.1) is 34.6 Å². The van der Waals surface area contributed by atoms with Crippen LogP contribution in [0.25, 0.3) is 0 Å². The van der Waals surface area contributed by atoms with Gasteiger partial charge in [0.1, 0.15) is 46.6 Å². The number of aryl methyl sites for hydroxylation is 2. The third-order valence-electron chi connectivity index (χ3n) is 9.75. The molecule has 2 atom stereocenters. The second-order valence-corrected chi connectivity index (χ2v) is 23.6. The molecule has 0 saturated carbocycles. The molecule has 1 N–H and O–H groups in total. The van der Waals surface area contributed by atoms with Gasteiger partial charge in [-0.05, 0) is 79.5 Å². The molecule has 10 nitrogen and oxygen atoms in total. The van der Waals surface area contributed by atoms with E-state index in [9.17, 15) is 21.9 Å². The molecule has 4 aromatic rings. The minimum atomic E-state index is -3.94. The molecule has 286 valence electrons. The van der Waals surface area contributed by atoms with Crippen LogP contribution >= 0.6 is 23.2 Å². The number of benzene rings is 4. The van der Waals surface area contributed by atoms with E-state index in [1.165, 1.54) is 8.61 Å². The fourth-order valence-corrected chi connectivity index (χ4v) is 11.8. The van der Waals surface area contributed by atoms with Gasteiger partial charge in [0.25, 0.3) is 20.0 Å². The fourth-order valence-electron chi connectivity index (χ4n) is 5.92. The van der Waals surface area contributed by atoms with Crippen molar-refractivity contribution < 1.29 is 35.8 Å². The monoisotopic (exact) mass is 820 g/mol. The lowest BCUT2D eigenvalue weighted by Gasteiger charge is -2.41. The van der Waals surface area contributed by atoms with Gasteiger partial charge in [0.15, 0.2) is 8.32 Å². The molecular formula is C38H46Cl2N2O8S2Si. The summed E-state index contributed by atoms with van der Waals surface area (Å²) in [7, 11) is -9.94. The smallest absolute Gasteiger partial charge is 0.266 e. The molecule has 15 heteroatoms. The van der Waals surface area contributed by atoms with E-state index in [2.05, 4.69) is 33.9 Å². The Hall–Kier alpha value is -3.30. The fraction of sp³-hybridized carbons (Fsp3) is 0.368. The molecule has 0 fully saturated rings. The van der Waals surface area contributed by atoms with Gasteiger partial charge in [0, 0.05) is 0 Å². The summed E-state index contributed by atoms with van der Waals surface area (Å²) < 4.78 is 74.7. The van der Waals surface area contributed by atoms with Gasteiger partial charge in [-0.15, -0.1) is 0 Å². The highest BCUT2D eigenvalue weighted by Gasteiger charge is 2.43. The lowest BCUT2D eigenvalue weighted by molar-refractivity contribution is 0.197. The number of hydrogen-bond donors (Lipinski definition) is 1. The van der Waals surface area contributed by atoms with Crippen molar-refractivity contribution in [3.05, 3.63) is 106 Å². The second kappa shape index (κ2) is 15.8. The van der Waals surface area contributed by atoms with Crippen molar-refractivity contribution in [1.82, 2.24) is 0 Å². The largest absolute Gasteiger partial charge is 0.489 e. The van der Waals surface area contributed by atoms with Crippen LogP contribution in [0.1, 0.15) is 31.9 Å². The van der Waals surface area contributed by atoms with Gasteiger partial charge in [0.2, 0.25) is 0 Å². The number of hydrogen-bond acceptors (Lipinski definition) is 8. The van der Waals surface area contributed by atoms with Gasteiger partial charge in [-0.3, -0.25) is 8.61 Å². The van der Waals surface area contributed by atoms with Crippen LogP contribution in [-0.4, -0.2) is 68.8 Å². The Morgan fingerprint density at radius 3 is 1.55 bits per heavy atom. The Morgan fingerprint density at radius 2 is 1.13 bits per heavy atom. The van der Waals surface area contributed by atoms with Crippen LogP contribution in [0.2, 0.25) is 28.2 Å². The zero-order valence-electron chi connectivity index (χ0n) is 30.8. The minimum Gasteiger partial charge on any atom is -0.489 e. The third-order valence-corrected chi connectivity index (χ3v) is 19.2. The Morgan fingerprint density at radius 1 is 0.717 bits per heavy atom. The number of fused-ring (bicyclic) bond motifs is 2. The predicted molar refractivity (Wildman–Crippen MR) is 213 cm³/mol. The highest BCUT2D eigenvalue weighted by molar-refractivity contribution is 7.93. The molecule has 0 radical (unpaired) electrons. The lowest BCUT2D eigenvalue weighted by Crippen LogP contribution is -2.52.